The molecule has 3 rings (SSSR count). The highest BCUT2D eigenvalue weighted by atomic mass is 35.5. The molecule has 0 N–H and O–H groups in total. The van der Waals surface area contributed by atoms with Crippen molar-refractivity contribution in [3.05, 3.63) is 57.1 Å². The monoisotopic (exact) mass is 494 g/mol. The molecule has 2 aromatic carbocycles. The number of carbonyl (C=O) groups is 4. The summed E-state index contributed by atoms with van der Waals surface area (Å²) in [4.78, 5) is 52.5. The van der Waals surface area contributed by atoms with E-state index in [1.54, 1.807) is 18.2 Å². The van der Waals surface area contributed by atoms with Crippen LogP contribution < -0.4 is 9.47 Å². The van der Waals surface area contributed by atoms with Crippen LogP contribution in [0.3, 0.4) is 0 Å². The Bertz CT molecular complexity index is 1070. The normalized spacial score (nSPS) is 12.5. The van der Waals surface area contributed by atoms with Gasteiger partial charge in [-0.15, -0.1) is 0 Å². The van der Waals surface area contributed by atoms with E-state index < -0.39 is 36.8 Å². The minimum absolute atomic E-state index is 0.0255. The number of amides is 3. The molecule has 0 saturated carbocycles. The summed E-state index contributed by atoms with van der Waals surface area (Å²) < 4.78 is 15.2. The molecule has 33 heavy (non-hydrogen) atoms. The van der Waals surface area contributed by atoms with E-state index in [0.29, 0.717) is 17.1 Å². The SMILES string of the molecule is COC(=O)CN(Cc1cc(OC)cc(OC)c1)C(=O)CN1C(=O)c2cc(Cl)c(Cl)cc2C1=O. The van der Waals surface area contributed by atoms with Crippen molar-refractivity contribution in [3.63, 3.8) is 0 Å². The van der Waals surface area contributed by atoms with Gasteiger partial charge in [-0.2, -0.15) is 0 Å². The quantitative estimate of drug-likeness (QED) is 0.410. The summed E-state index contributed by atoms with van der Waals surface area (Å²) in [6.45, 7) is -1.00. The Morgan fingerprint density at radius 2 is 1.39 bits per heavy atom. The van der Waals surface area contributed by atoms with E-state index in [9.17, 15) is 19.2 Å². The average Bonchev–Trinajstić information content (AvgIpc) is 3.02. The third-order valence-corrected chi connectivity index (χ3v) is 5.71. The van der Waals surface area contributed by atoms with Gasteiger partial charge < -0.3 is 19.1 Å². The highest BCUT2D eigenvalue weighted by Gasteiger charge is 2.38. The van der Waals surface area contributed by atoms with Gasteiger partial charge in [-0.1, -0.05) is 23.2 Å². The van der Waals surface area contributed by atoms with Crippen molar-refractivity contribution < 1.29 is 33.4 Å². The second-order valence-corrected chi connectivity index (χ2v) is 7.87. The molecule has 0 fully saturated rings. The van der Waals surface area contributed by atoms with E-state index in [-0.39, 0.29) is 27.7 Å². The van der Waals surface area contributed by atoms with Crippen LogP contribution in [0.4, 0.5) is 0 Å². The molecular formula is C22H20Cl2N2O7. The highest BCUT2D eigenvalue weighted by Crippen LogP contribution is 2.31. The molecule has 3 amide bonds. The predicted molar refractivity (Wildman–Crippen MR) is 119 cm³/mol. The third-order valence-electron chi connectivity index (χ3n) is 4.99. The van der Waals surface area contributed by atoms with Gasteiger partial charge in [0, 0.05) is 12.6 Å². The summed E-state index contributed by atoms with van der Waals surface area (Å²) in [6, 6.07) is 7.58. The van der Waals surface area contributed by atoms with Crippen molar-refractivity contribution in [3.8, 4) is 11.5 Å². The van der Waals surface area contributed by atoms with Crippen LogP contribution >= 0.6 is 23.2 Å². The number of imide groups is 1. The minimum atomic E-state index is -0.678. The number of benzene rings is 2. The second kappa shape index (κ2) is 10.1. The molecule has 0 radical (unpaired) electrons. The van der Waals surface area contributed by atoms with Gasteiger partial charge in [0.15, 0.2) is 0 Å². The van der Waals surface area contributed by atoms with E-state index in [2.05, 4.69) is 4.74 Å². The lowest BCUT2D eigenvalue weighted by molar-refractivity contribution is -0.147. The molecular weight excluding hydrogens is 475 g/mol. The van der Waals surface area contributed by atoms with Crippen molar-refractivity contribution in [1.82, 2.24) is 9.80 Å². The fraction of sp³-hybridized carbons (Fsp3) is 0.273. The number of rotatable bonds is 8. The van der Waals surface area contributed by atoms with Gasteiger partial charge in [0.1, 0.15) is 24.6 Å². The van der Waals surface area contributed by atoms with Crippen LogP contribution in [0.2, 0.25) is 10.0 Å². The molecule has 0 aromatic heterocycles. The standard InChI is InChI=1S/C22H20Cl2N2O7/c1-31-13-4-12(5-14(6-13)32-2)9-25(11-20(28)33-3)19(27)10-26-21(29)15-7-17(23)18(24)8-16(15)22(26)30/h4-8H,9-11H2,1-3H3. The molecule has 1 heterocycles. The molecule has 0 unspecified atom stereocenters. The maximum atomic E-state index is 13.1. The molecule has 174 valence electrons. The van der Waals surface area contributed by atoms with Crippen molar-refractivity contribution >= 4 is 46.9 Å². The van der Waals surface area contributed by atoms with Crippen molar-refractivity contribution in [2.75, 3.05) is 34.4 Å². The Hall–Kier alpha value is -3.30. The van der Waals surface area contributed by atoms with Gasteiger partial charge in [0.2, 0.25) is 5.91 Å². The number of hydrogen-bond acceptors (Lipinski definition) is 7. The van der Waals surface area contributed by atoms with Crippen LogP contribution in [-0.4, -0.2) is 67.9 Å². The summed E-state index contributed by atoms with van der Waals surface area (Å²) >= 11 is 11.9. The van der Waals surface area contributed by atoms with E-state index in [1.807, 2.05) is 0 Å². The van der Waals surface area contributed by atoms with E-state index in [0.717, 1.165) is 4.90 Å². The Morgan fingerprint density at radius 1 is 0.879 bits per heavy atom. The van der Waals surface area contributed by atoms with Crippen LogP contribution in [0, 0.1) is 0 Å². The van der Waals surface area contributed by atoms with Crippen LogP contribution in [0.5, 0.6) is 11.5 Å². The molecule has 1 aliphatic heterocycles. The summed E-state index contributed by atoms with van der Waals surface area (Å²) in [6.07, 6.45) is 0. The number of hydrogen-bond donors (Lipinski definition) is 0. The lowest BCUT2D eigenvalue weighted by atomic mass is 10.1. The van der Waals surface area contributed by atoms with Crippen LogP contribution in [-0.2, 0) is 20.9 Å². The third kappa shape index (κ3) is 5.20. The number of nitrogens with zero attached hydrogens (tertiary/aromatic N) is 2. The largest absolute Gasteiger partial charge is 0.497 e. The van der Waals surface area contributed by atoms with Crippen molar-refractivity contribution in [2.45, 2.75) is 6.54 Å². The van der Waals surface area contributed by atoms with E-state index in [1.165, 1.54) is 38.4 Å². The Kier molecular flexibility index (Phi) is 7.45. The lowest BCUT2D eigenvalue weighted by Crippen LogP contribution is -2.44. The van der Waals surface area contributed by atoms with Gasteiger partial charge in [-0.05, 0) is 29.8 Å². The zero-order valence-corrected chi connectivity index (χ0v) is 19.5. The van der Waals surface area contributed by atoms with Gasteiger partial charge in [0.05, 0.1) is 42.5 Å². The summed E-state index contributed by atoms with van der Waals surface area (Å²) in [5.41, 5.74) is 0.711. The Balaban J connectivity index is 1.85. The summed E-state index contributed by atoms with van der Waals surface area (Å²) in [5.74, 6) is -1.69. The first kappa shape index (κ1) is 24.3. The van der Waals surface area contributed by atoms with Gasteiger partial charge in [-0.3, -0.25) is 24.1 Å². The molecule has 0 bridgehead atoms. The maximum absolute atomic E-state index is 13.1. The summed E-state index contributed by atoms with van der Waals surface area (Å²) in [7, 11) is 4.16. The topological polar surface area (TPSA) is 102 Å². The van der Waals surface area contributed by atoms with E-state index >= 15 is 0 Å². The molecule has 0 saturated heterocycles. The number of halogens is 2. The second-order valence-electron chi connectivity index (χ2n) is 7.06. The molecule has 0 spiro atoms. The first-order valence-electron chi connectivity index (χ1n) is 9.60. The molecule has 0 atom stereocenters. The summed E-state index contributed by atoms with van der Waals surface area (Å²) in [5, 5.41) is 0.230. The zero-order valence-electron chi connectivity index (χ0n) is 18.0. The molecule has 0 aliphatic carbocycles. The number of esters is 1. The molecule has 1 aliphatic rings. The van der Waals surface area contributed by atoms with Gasteiger partial charge in [0.25, 0.3) is 11.8 Å². The number of fused-ring (bicyclic) bond motifs is 1. The Labute approximate surface area is 199 Å². The Morgan fingerprint density at radius 3 is 1.85 bits per heavy atom. The van der Waals surface area contributed by atoms with Gasteiger partial charge >= 0.3 is 5.97 Å². The van der Waals surface area contributed by atoms with E-state index in [4.69, 9.17) is 32.7 Å². The fourth-order valence-electron chi connectivity index (χ4n) is 3.29. The molecule has 11 heteroatoms. The fourth-order valence-corrected chi connectivity index (χ4v) is 3.62. The van der Waals surface area contributed by atoms with Crippen molar-refractivity contribution in [1.29, 1.82) is 0 Å². The first-order chi connectivity index (χ1) is 15.7. The maximum Gasteiger partial charge on any atom is 0.325 e. The van der Waals surface area contributed by atoms with Crippen LogP contribution in [0.15, 0.2) is 30.3 Å². The average molecular weight is 495 g/mol. The van der Waals surface area contributed by atoms with Crippen LogP contribution in [0.1, 0.15) is 26.3 Å². The number of ether oxygens (including phenoxy) is 3. The first-order valence-corrected chi connectivity index (χ1v) is 10.4. The zero-order chi connectivity index (χ0) is 24.3. The van der Waals surface area contributed by atoms with Crippen molar-refractivity contribution in [2.24, 2.45) is 0 Å². The smallest absolute Gasteiger partial charge is 0.325 e. The molecule has 2 aromatic rings. The predicted octanol–water partition coefficient (Wildman–Crippen LogP) is 2.81. The van der Waals surface area contributed by atoms with Crippen LogP contribution in [0.25, 0.3) is 0 Å². The molecule has 9 nitrogen and oxygen atoms in total. The number of carbonyl (C=O) groups excluding carboxylic acids is 4. The lowest BCUT2D eigenvalue weighted by Gasteiger charge is -2.24. The van der Waals surface area contributed by atoms with Gasteiger partial charge in [-0.25, -0.2) is 0 Å². The number of methoxy groups -OCH3 is 3. The highest BCUT2D eigenvalue weighted by molar-refractivity contribution is 6.43. The minimum Gasteiger partial charge on any atom is -0.497 e.